The number of methoxy groups -OCH3 is 1. The number of ether oxygens (including phenoxy) is 2. The topological polar surface area (TPSA) is 112 Å². The maximum atomic E-state index is 14.0. The predicted molar refractivity (Wildman–Crippen MR) is 162 cm³/mol. The van der Waals surface area contributed by atoms with Crippen LogP contribution in [0.3, 0.4) is 0 Å². The Morgan fingerprint density at radius 2 is 1.71 bits per heavy atom. The molecule has 0 saturated heterocycles. The number of H-pyrrole nitrogens is 1. The Morgan fingerprint density at radius 3 is 2.36 bits per heavy atom. The highest BCUT2D eigenvalue weighted by atomic mass is 16.5. The normalized spacial score (nSPS) is 11.2. The molecule has 0 saturated carbocycles. The standard InChI is InChI=1S/C33H34N4O5/c1-6-9-29-28(32(38)37(21(4)34-29)23-13-15-24(16-14-23)41-20(2)3)18-22-12-17-26(30(19-22)40-5)25-10-7-8-11-27(25)31-35-33(39)42-36-31/h7-8,10-17,19-20H,6,9,18H2,1-5H3,(H,35,36,39). The summed E-state index contributed by atoms with van der Waals surface area (Å²) in [7, 11) is 1.61. The molecule has 0 aliphatic rings. The first-order valence-corrected chi connectivity index (χ1v) is 14.0. The molecule has 0 bridgehead atoms. The number of benzene rings is 3. The van der Waals surface area contributed by atoms with E-state index >= 15 is 0 Å². The highest BCUT2D eigenvalue weighted by Gasteiger charge is 2.19. The van der Waals surface area contributed by atoms with E-state index in [1.165, 1.54) is 0 Å². The second-order valence-corrected chi connectivity index (χ2v) is 10.3. The second kappa shape index (κ2) is 12.3. The molecule has 1 N–H and O–H groups in total. The number of hydrogen-bond acceptors (Lipinski definition) is 7. The maximum absolute atomic E-state index is 14.0. The van der Waals surface area contributed by atoms with Crippen LogP contribution in [0.1, 0.15) is 49.8 Å². The molecule has 9 nitrogen and oxygen atoms in total. The Labute approximate surface area is 243 Å². The third-order valence-corrected chi connectivity index (χ3v) is 6.94. The Kier molecular flexibility index (Phi) is 8.38. The second-order valence-electron chi connectivity index (χ2n) is 10.3. The molecule has 0 spiro atoms. The largest absolute Gasteiger partial charge is 0.496 e. The molecule has 9 heteroatoms. The average Bonchev–Trinajstić information content (AvgIpc) is 3.41. The highest BCUT2D eigenvalue weighted by molar-refractivity contribution is 5.83. The number of hydrogen-bond donors (Lipinski definition) is 1. The van der Waals surface area contributed by atoms with Crippen molar-refractivity contribution < 1.29 is 14.0 Å². The Hall–Kier alpha value is -4.92. The summed E-state index contributed by atoms with van der Waals surface area (Å²) in [6.45, 7) is 7.89. The molecule has 42 heavy (non-hydrogen) atoms. The number of rotatable bonds is 10. The fourth-order valence-electron chi connectivity index (χ4n) is 5.13. The van der Waals surface area contributed by atoms with Crippen molar-refractivity contribution in [2.24, 2.45) is 0 Å². The van der Waals surface area contributed by atoms with Crippen molar-refractivity contribution in [1.82, 2.24) is 19.7 Å². The third-order valence-electron chi connectivity index (χ3n) is 6.94. The molecule has 2 aromatic heterocycles. The van der Waals surface area contributed by atoms with Gasteiger partial charge in [-0.25, -0.2) is 9.78 Å². The van der Waals surface area contributed by atoms with Gasteiger partial charge in [0.25, 0.3) is 5.56 Å². The SMILES string of the molecule is CCCc1nc(C)n(-c2ccc(OC(C)C)cc2)c(=O)c1Cc1ccc(-c2ccccc2-c2noc(=O)[nH]2)c(OC)c1. The van der Waals surface area contributed by atoms with Crippen LogP contribution in [-0.2, 0) is 12.8 Å². The molecule has 2 heterocycles. The van der Waals surface area contributed by atoms with Crippen LogP contribution in [0, 0.1) is 6.92 Å². The number of nitrogens with zero attached hydrogens (tertiary/aromatic N) is 3. The van der Waals surface area contributed by atoms with E-state index in [1.54, 1.807) is 11.7 Å². The van der Waals surface area contributed by atoms with Crippen molar-refractivity contribution in [3.05, 3.63) is 110 Å². The molecule has 0 unspecified atom stereocenters. The van der Waals surface area contributed by atoms with E-state index in [9.17, 15) is 9.59 Å². The van der Waals surface area contributed by atoms with Crippen LogP contribution in [0.4, 0.5) is 0 Å². The van der Waals surface area contributed by atoms with E-state index in [2.05, 4.69) is 17.1 Å². The van der Waals surface area contributed by atoms with Gasteiger partial charge >= 0.3 is 5.76 Å². The van der Waals surface area contributed by atoms with Crippen LogP contribution in [0.15, 0.2) is 80.8 Å². The molecule has 0 aliphatic carbocycles. The molecule has 0 fully saturated rings. The lowest BCUT2D eigenvalue weighted by Gasteiger charge is -2.17. The van der Waals surface area contributed by atoms with Gasteiger partial charge in [0.05, 0.1) is 24.6 Å². The number of aromatic amines is 1. The van der Waals surface area contributed by atoms with Crippen LogP contribution in [-0.4, -0.2) is 32.9 Å². The predicted octanol–water partition coefficient (Wildman–Crippen LogP) is 5.89. The number of aryl methyl sites for hydroxylation is 2. The van der Waals surface area contributed by atoms with Crippen LogP contribution in [0.25, 0.3) is 28.2 Å². The molecule has 216 valence electrons. The van der Waals surface area contributed by atoms with Gasteiger partial charge in [-0.1, -0.05) is 54.9 Å². The first-order valence-electron chi connectivity index (χ1n) is 14.0. The molecule has 3 aromatic carbocycles. The van der Waals surface area contributed by atoms with Gasteiger partial charge in [-0.15, -0.1) is 0 Å². The molecule has 0 amide bonds. The number of aromatic nitrogens is 4. The van der Waals surface area contributed by atoms with Gasteiger partial charge in [-0.2, -0.15) is 0 Å². The highest BCUT2D eigenvalue weighted by Crippen LogP contribution is 2.37. The van der Waals surface area contributed by atoms with Crippen LogP contribution < -0.4 is 20.8 Å². The first-order chi connectivity index (χ1) is 20.3. The summed E-state index contributed by atoms with van der Waals surface area (Å²) in [5, 5.41) is 3.86. The quantitative estimate of drug-likeness (QED) is 0.224. The fraction of sp³-hybridized carbons (Fsp3) is 0.273. The summed E-state index contributed by atoms with van der Waals surface area (Å²) in [5.41, 5.74) is 5.36. The molecule has 0 atom stereocenters. The van der Waals surface area contributed by atoms with Gasteiger partial charge in [0.2, 0.25) is 0 Å². The van der Waals surface area contributed by atoms with Crippen LogP contribution in [0.5, 0.6) is 11.5 Å². The molecule has 0 aliphatic heterocycles. The van der Waals surface area contributed by atoms with E-state index in [0.717, 1.165) is 40.2 Å². The Balaban J connectivity index is 1.55. The van der Waals surface area contributed by atoms with Crippen molar-refractivity contribution in [2.75, 3.05) is 7.11 Å². The number of nitrogens with one attached hydrogen (secondary N) is 1. The molecule has 5 rings (SSSR count). The zero-order chi connectivity index (χ0) is 29.8. The van der Waals surface area contributed by atoms with Gasteiger partial charge in [0.15, 0.2) is 5.82 Å². The molecular formula is C33H34N4O5. The first kappa shape index (κ1) is 28.6. The van der Waals surface area contributed by atoms with Crippen molar-refractivity contribution in [1.29, 1.82) is 0 Å². The fourth-order valence-corrected chi connectivity index (χ4v) is 5.13. The Morgan fingerprint density at radius 1 is 0.976 bits per heavy atom. The van der Waals surface area contributed by atoms with Crippen LogP contribution >= 0.6 is 0 Å². The summed E-state index contributed by atoms with van der Waals surface area (Å²) in [6, 6.07) is 20.9. The minimum Gasteiger partial charge on any atom is -0.496 e. The minimum absolute atomic E-state index is 0.0603. The molecule has 5 aromatic rings. The van der Waals surface area contributed by atoms with Gasteiger partial charge in [0.1, 0.15) is 17.3 Å². The minimum atomic E-state index is -0.623. The van der Waals surface area contributed by atoms with E-state index < -0.39 is 5.76 Å². The summed E-state index contributed by atoms with van der Waals surface area (Å²) >= 11 is 0. The maximum Gasteiger partial charge on any atom is 0.439 e. The van der Waals surface area contributed by atoms with Crippen molar-refractivity contribution in [2.45, 2.75) is 53.1 Å². The average molecular weight is 567 g/mol. The lowest BCUT2D eigenvalue weighted by molar-refractivity contribution is 0.242. The van der Waals surface area contributed by atoms with Gasteiger partial charge in [0, 0.05) is 23.1 Å². The smallest absolute Gasteiger partial charge is 0.439 e. The third kappa shape index (κ3) is 5.90. The van der Waals surface area contributed by atoms with E-state index in [-0.39, 0.29) is 11.7 Å². The van der Waals surface area contributed by atoms with E-state index in [4.69, 9.17) is 19.0 Å². The van der Waals surface area contributed by atoms with E-state index in [1.807, 2.05) is 87.5 Å². The van der Waals surface area contributed by atoms with Gasteiger partial charge in [-0.3, -0.25) is 18.9 Å². The summed E-state index contributed by atoms with van der Waals surface area (Å²) < 4.78 is 18.0. The van der Waals surface area contributed by atoms with Crippen LogP contribution in [0.2, 0.25) is 0 Å². The summed E-state index contributed by atoms with van der Waals surface area (Å²) in [4.78, 5) is 33.1. The monoisotopic (exact) mass is 566 g/mol. The lowest BCUT2D eigenvalue weighted by atomic mass is 9.95. The summed E-state index contributed by atoms with van der Waals surface area (Å²) in [6.07, 6.45) is 2.02. The van der Waals surface area contributed by atoms with Gasteiger partial charge in [-0.05, 0) is 68.7 Å². The summed E-state index contributed by atoms with van der Waals surface area (Å²) in [5.74, 6) is 1.73. The zero-order valence-corrected chi connectivity index (χ0v) is 24.4. The molecular weight excluding hydrogens is 532 g/mol. The zero-order valence-electron chi connectivity index (χ0n) is 24.4. The van der Waals surface area contributed by atoms with E-state index in [0.29, 0.717) is 41.4 Å². The van der Waals surface area contributed by atoms with Crippen molar-refractivity contribution in [3.8, 4) is 39.7 Å². The Bertz CT molecular complexity index is 1820. The van der Waals surface area contributed by atoms with Crippen molar-refractivity contribution in [3.63, 3.8) is 0 Å². The van der Waals surface area contributed by atoms with Gasteiger partial charge < -0.3 is 9.47 Å². The lowest BCUT2D eigenvalue weighted by Crippen LogP contribution is -2.28. The molecule has 0 radical (unpaired) electrons. The van der Waals surface area contributed by atoms with Crippen molar-refractivity contribution >= 4 is 0 Å².